The Morgan fingerprint density at radius 1 is 1.18 bits per heavy atom. The number of hydrogen-bond acceptors (Lipinski definition) is 1. The molecule has 0 aromatic heterocycles. The van der Waals surface area contributed by atoms with Crippen LogP contribution in [0.4, 0.5) is 0 Å². The summed E-state index contributed by atoms with van der Waals surface area (Å²) in [6, 6.07) is 10.7. The SMILES string of the molecule is C=CCC(CCN(C)CC=C)c1ccccc1. The van der Waals surface area contributed by atoms with Crippen molar-refractivity contribution in [1.29, 1.82) is 0 Å². The van der Waals surface area contributed by atoms with Gasteiger partial charge in [-0.15, -0.1) is 13.2 Å². The zero-order valence-electron chi connectivity index (χ0n) is 10.8. The van der Waals surface area contributed by atoms with Gasteiger partial charge in [0.1, 0.15) is 0 Å². The van der Waals surface area contributed by atoms with Crippen LogP contribution in [0.3, 0.4) is 0 Å². The summed E-state index contributed by atoms with van der Waals surface area (Å²) >= 11 is 0. The third-order valence-corrected chi connectivity index (χ3v) is 3.02. The van der Waals surface area contributed by atoms with Crippen molar-refractivity contribution in [2.45, 2.75) is 18.8 Å². The number of allylic oxidation sites excluding steroid dienone is 1. The topological polar surface area (TPSA) is 3.24 Å². The van der Waals surface area contributed by atoms with Crippen molar-refractivity contribution in [2.75, 3.05) is 20.1 Å². The molecule has 1 unspecified atom stereocenters. The third kappa shape index (κ3) is 5.01. The lowest BCUT2D eigenvalue weighted by molar-refractivity contribution is 0.349. The Morgan fingerprint density at radius 2 is 1.88 bits per heavy atom. The molecular weight excluding hydrogens is 206 g/mol. The standard InChI is InChI=1S/C16H23N/c1-4-9-15(12-14-17(3)13-5-2)16-10-7-6-8-11-16/h4-8,10-11,15H,1-2,9,12-14H2,3H3. The summed E-state index contributed by atoms with van der Waals surface area (Å²) in [5, 5.41) is 0. The Bertz CT molecular complexity index is 329. The minimum Gasteiger partial charge on any atom is -0.303 e. The number of nitrogens with zero attached hydrogens (tertiary/aromatic N) is 1. The van der Waals surface area contributed by atoms with E-state index in [-0.39, 0.29) is 0 Å². The summed E-state index contributed by atoms with van der Waals surface area (Å²) in [7, 11) is 2.14. The lowest BCUT2D eigenvalue weighted by Gasteiger charge is -2.20. The molecule has 1 aromatic rings. The van der Waals surface area contributed by atoms with Crippen LogP contribution < -0.4 is 0 Å². The van der Waals surface area contributed by atoms with Crippen LogP contribution in [0.5, 0.6) is 0 Å². The molecule has 0 bridgehead atoms. The van der Waals surface area contributed by atoms with Crippen LogP contribution in [0, 0.1) is 0 Å². The lowest BCUT2D eigenvalue weighted by Crippen LogP contribution is -2.21. The maximum atomic E-state index is 3.86. The fraction of sp³-hybridized carbons (Fsp3) is 0.375. The maximum absolute atomic E-state index is 3.86. The molecule has 0 radical (unpaired) electrons. The first-order valence-corrected chi connectivity index (χ1v) is 6.23. The highest BCUT2D eigenvalue weighted by atomic mass is 15.1. The van der Waals surface area contributed by atoms with Gasteiger partial charge >= 0.3 is 0 Å². The van der Waals surface area contributed by atoms with Crippen LogP contribution in [0.25, 0.3) is 0 Å². The smallest absolute Gasteiger partial charge is 0.0157 e. The van der Waals surface area contributed by atoms with Gasteiger partial charge < -0.3 is 4.90 Å². The molecule has 0 heterocycles. The van der Waals surface area contributed by atoms with Crippen LogP contribution in [0.1, 0.15) is 24.3 Å². The molecule has 0 spiro atoms. The van der Waals surface area contributed by atoms with Crippen LogP contribution in [0.15, 0.2) is 55.6 Å². The highest BCUT2D eigenvalue weighted by molar-refractivity contribution is 5.20. The molecule has 0 N–H and O–H groups in total. The first-order chi connectivity index (χ1) is 8.27. The van der Waals surface area contributed by atoms with E-state index in [1.807, 2.05) is 12.2 Å². The number of hydrogen-bond donors (Lipinski definition) is 0. The van der Waals surface area contributed by atoms with Gasteiger partial charge in [-0.05, 0) is 37.9 Å². The van der Waals surface area contributed by atoms with Gasteiger partial charge in [0.15, 0.2) is 0 Å². The fourth-order valence-electron chi connectivity index (χ4n) is 2.03. The first kappa shape index (κ1) is 13.7. The monoisotopic (exact) mass is 229 g/mol. The summed E-state index contributed by atoms with van der Waals surface area (Å²) in [4.78, 5) is 2.30. The van der Waals surface area contributed by atoms with E-state index in [1.54, 1.807) is 0 Å². The van der Waals surface area contributed by atoms with Crippen molar-refractivity contribution >= 4 is 0 Å². The summed E-state index contributed by atoms with van der Waals surface area (Å²) in [5.74, 6) is 0.584. The van der Waals surface area contributed by atoms with Crippen molar-refractivity contribution in [2.24, 2.45) is 0 Å². The molecule has 1 rings (SSSR count). The normalized spacial score (nSPS) is 12.4. The Hall–Kier alpha value is -1.34. The van der Waals surface area contributed by atoms with Crippen molar-refractivity contribution in [1.82, 2.24) is 4.90 Å². The van der Waals surface area contributed by atoms with Gasteiger partial charge in [-0.1, -0.05) is 42.5 Å². The molecule has 1 heteroatoms. The Kier molecular flexibility index (Phi) is 6.34. The van der Waals surface area contributed by atoms with Gasteiger partial charge in [0, 0.05) is 6.54 Å². The zero-order chi connectivity index (χ0) is 12.5. The molecule has 1 nitrogen and oxygen atoms in total. The molecule has 0 amide bonds. The number of likely N-dealkylation sites (N-methyl/N-ethyl adjacent to an activating group) is 1. The molecule has 0 aliphatic rings. The van der Waals surface area contributed by atoms with Gasteiger partial charge in [-0.25, -0.2) is 0 Å². The summed E-state index contributed by atoms with van der Waals surface area (Å²) in [6.45, 7) is 9.67. The van der Waals surface area contributed by atoms with Crippen LogP contribution >= 0.6 is 0 Å². The summed E-state index contributed by atoms with van der Waals surface area (Å²) in [6.07, 6.45) is 6.18. The average molecular weight is 229 g/mol. The lowest BCUT2D eigenvalue weighted by atomic mass is 9.92. The quantitative estimate of drug-likeness (QED) is 0.612. The molecule has 0 saturated heterocycles. The maximum Gasteiger partial charge on any atom is 0.0157 e. The summed E-state index contributed by atoms with van der Waals surface area (Å²) < 4.78 is 0. The largest absolute Gasteiger partial charge is 0.303 e. The predicted octanol–water partition coefficient (Wildman–Crippen LogP) is 3.85. The molecule has 17 heavy (non-hydrogen) atoms. The fourth-order valence-corrected chi connectivity index (χ4v) is 2.03. The second-order valence-electron chi connectivity index (χ2n) is 4.47. The van der Waals surface area contributed by atoms with E-state index in [2.05, 4.69) is 55.4 Å². The minimum absolute atomic E-state index is 0.584. The molecule has 0 fully saturated rings. The van der Waals surface area contributed by atoms with Crippen molar-refractivity contribution < 1.29 is 0 Å². The van der Waals surface area contributed by atoms with E-state index in [9.17, 15) is 0 Å². The summed E-state index contributed by atoms with van der Waals surface area (Å²) in [5.41, 5.74) is 1.42. The molecule has 0 aliphatic heterocycles. The molecule has 92 valence electrons. The van der Waals surface area contributed by atoms with Gasteiger partial charge in [0.25, 0.3) is 0 Å². The van der Waals surface area contributed by atoms with E-state index in [1.165, 1.54) is 12.0 Å². The van der Waals surface area contributed by atoms with E-state index in [4.69, 9.17) is 0 Å². The van der Waals surface area contributed by atoms with Crippen molar-refractivity contribution in [3.63, 3.8) is 0 Å². The Balaban J connectivity index is 2.55. The number of benzene rings is 1. The Morgan fingerprint density at radius 3 is 2.47 bits per heavy atom. The second kappa shape index (κ2) is 7.86. The van der Waals surface area contributed by atoms with Gasteiger partial charge in [0.05, 0.1) is 0 Å². The molecular formula is C16H23N. The molecule has 1 atom stereocenters. The van der Waals surface area contributed by atoms with E-state index in [0.717, 1.165) is 19.5 Å². The van der Waals surface area contributed by atoms with Gasteiger partial charge in [-0.2, -0.15) is 0 Å². The van der Waals surface area contributed by atoms with Gasteiger partial charge in [-0.3, -0.25) is 0 Å². The van der Waals surface area contributed by atoms with Crippen LogP contribution in [-0.2, 0) is 0 Å². The first-order valence-electron chi connectivity index (χ1n) is 6.23. The number of rotatable bonds is 8. The predicted molar refractivity (Wildman–Crippen MR) is 76.3 cm³/mol. The zero-order valence-corrected chi connectivity index (χ0v) is 10.8. The van der Waals surface area contributed by atoms with E-state index >= 15 is 0 Å². The van der Waals surface area contributed by atoms with Crippen LogP contribution in [-0.4, -0.2) is 25.0 Å². The Labute approximate surface area is 105 Å². The molecule has 1 aromatic carbocycles. The van der Waals surface area contributed by atoms with Gasteiger partial charge in [0.2, 0.25) is 0 Å². The van der Waals surface area contributed by atoms with Crippen molar-refractivity contribution in [3.05, 3.63) is 61.2 Å². The second-order valence-corrected chi connectivity index (χ2v) is 4.47. The molecule has 0 saturated carbocycles. The third-order valence-electron chi connectivity index (χ3n) is 3.02. The van der Waals surface area contributed by atoms with Crippen molar-refractivity contribution in [3.8, 4) is 0 Å². The van der Waals surface area contributed by atoms with Crippen LogP contribution in [0.2, 0.25) is 0 Å². The van der Waals surface area contributed by atoms with E-state index in [0.29, 0.717) is 5.92 Å². The minimum atomic E-state index is 0.584. The molecule has 0 aliphatic carbocycles. The average Bonchev–Trinajstić information content (AvgIpc) is 2.36. The highest BCUT2D eigenvalue weighted by Gasteiger charge is 2.10. The highest BCUT2D eigenvalue weighted by Crippen LogP contribution is 2.23. The van der Waals surface area contributed by atoms with E-state index < -0.39 is 0 Å².